The summed E-state index contributed by atoms with van der Waals surface area (Å²) >= 11 is 6.24. The Balaban J connectivity index is 1.85. The Labute approximate surface area is 254 Å². The Hall–Kier alpha value is -3.56. The number of rotatable bonds is 16. The number of benzene rings is 3. The maximum Gasteiger partial charge on any atom is 0.243 e. The van der Waals surface area contributed by atoms with Crippen LogP contribution in [0.25, 0.3) is 0 Å². The van der Waals surface area contributed by atoms with Crippen LogP contribution >= 0.6 is 11.6 Å². The van der Waals surface area contributed by atoms with Gasteiger partial charge in [0.25, 0.3) is 0 Å². The first kappa shape index (κ1) is 32.9. The van der Waals surface area contributed by atoms with Crippen molar-refractivity contribution in [1.82, 2.24) is 10.2 Å². The topological polar surface area (TPSA) is 96.0 Å². The molecule has 0 saturated carbocycles. The van der Waals surface area contributed by atoms with E-state index in [9.17, 15) is 18.0 Å². The molecule has 0 bridgehead atoms. The van der Waals surface area contributed by atoms with Gasteiger partial charge in [0, 0.05) is 37.5 Å². The first-order valence-corrected chi connectivity index (χ1v) is 16.4. The van der Waals surface area contributed by atoms with Gasteiger partial charge in [-0.15, -0.1) is 0 Å². The lowest BCUT2D eigenvalue weighted by Crippen LogP contribution is -2.50. The van der Waals surface area contributed by atoms with Gasteiger partial charge in [-0.2, -0.15) is 0 Å². The first-order valence-electron chi connectivity index (χ1n) is 14.2. The molecule has 3 aromatic rings. The minimum absolute atomic E-state index is 0.0516. The molecule has 0 radical (unpaired) electrons. The Morgan fingerprint density at radius 3 is 2.26 bits per heavy atom. The molecule has 0 saturated heterocycles. The molecule has 0 spiro atoms. The quantitative estimate of drug-likeness (QED) is 0.232. The molecule has 0 aliphatic heterocycles. The van der Waals surface area contributed by atoms with Gasteiger partial charge >= 0.3 is 0 Å². The van der Waals surface area contributed by atoms with Crippen molar-refractivity contribution in [3.05, 3.63) is 95.0 Å². The van der Waals surface area contributed by atoms with Crippen LogP contribution in [0.4, 0.5) is 5.69 Å². The number of ether oxygens (including phenoxy) is 1. The number of amides is 2. The average molecular weight is 614 g/mol. The molecule has 2 amide bonds. The van der Waals surface area contributed by atoms with Crippen LogP contribution < -0.4 is 14.4 Å². The van der Waals surface area contributed by atoms with E-state index in [4.69, 9.17) is 16.3 Å². The first-order chi connectivity index (χ1) is 20.1. The number of carbonyl (C=O) groups is 2. The molecule has 0 aromatic heterocycles. The van der Waals surface area contributed by atoms with Crippen molar-refractivity contribution in [2.24, 2.45) is 0 Å². The van der Waals surface area contributed by atoms with Crippen molar-refractivity contribution in [1.29, 1.82) is 0 Å². The van der Waals surface area contributed by atoms with Gasteiger partial charge in [0.15, 0.2) is 0 Å². The lowest BCUT2D eigenvalue weighted by atomic mass is 10.0. The number of hydrogen-bond donors (Lipinski definition) is 1. The molecule has 1 atom stereocenters. The van der Waals surface area contributed by atoms with Crippen molar-refractivity contribution in [3.63, 3.8) is 0 Å². The van der Waals surface area contributed by atoms with E-state index in [1.54, 1.807) is 41.3 Å². The third-order valence-corrected chi connectivity index (χ3v) is 8.08. The van der Waals surface area contributed by atoms with Gasteiger partial charge < -0.3 is 15.0 Å². The fourth-order valence-electron chi connectivity index (χ4n) is 4.63. The Morgan fingerprint density at radius 1 is 0.952 bits per heavy atom. The summed E-state index contributed by atoms with van der Waals surface area (Å²) in [5, 5.41) is 3.49. The number of sulfonamides is 1. The van der Waals surface area contributed by atoms with Crippen LogP contribution in [-0.4, -0.2) is 57.1 Å². The monoisotopic (exact) mass is 613 g/mol. The highest BCUT2D eigenvalue weighted by molar-refractivity contribution is 7.92. The molecule has 3 aromatic carbocycles. The third-order valence-electron chi connectivity index (χ3n) is 6.65. The van der Waals surface area contributed by atoms with Crippen molar-refractivity contribution >= 4 is 39.1 Å². The van der Waals surface area contributed by atoms with E-state index in [0.29, 0.717) is 36.0 Å². The molecular formula is C32H40ClN3O5S. The molecular weight excluding hydrogens is 574 g/mol. The molecule has 3 rings (SSSR count). The number of anilines is 1. The summed E-state index contributed by atoms with van der Waals surface area (Å²) in [6.45, 7) is 5.14. The van der Waals surface area contributed by atoms with Gasteiger partial charge in [0.2, 0.25) is 21.8 Å². The average Bonchev–Trinajstić information content (AvgIpc) is 2.96. The standard InChI is InChI=1S/C32H40ClN3O5S/c1-4-20-34-32(38)30(23-25-11-7-6-8-12-25)35(24-26-13-9-14-27(33)22-26)31(37)15-10-21-36(42(3,39)40)28-16-18-29(19-17-28)41-5-2/h6-9,11-14,16-19,22,30H,4-5,10,15,20-21,23-24H2,1-3H3,(H,34,38)/t30-/m1/s1. The molecule has 1 N–H and O–H groups in total. The van der Waals surface area contributed by atoms with E-state index in [1.807, 2.05) is 56.3 Å². The summed E-state index contributed by atoms with van der Waals surface area (Å²) in [5.41, 5.74) is 2.21. The summed E-state index contributed by atoms with van der Waals surface area (Å²) in [7, 11) is -3.61. The molecule has 0 unspecified atom stereocenters. The second kappa shape index (κ2) is 16.2. The van der Waals surface area contributed by atoms with E-state index in [-0.39, 0.29) is 37.7 Å². The van der Waals surface area contributed by atoms with E-state index in [0.717, 1.165) is 23.8 Å². The normalized spacial score (nSPS) is 11.9. The summed E-state index contributed by atoms with van der Waals surface area (Å²) in [4.78, 5) is 28.9. The second-order valence-electron chi connectivity index (χ2n) is 10.0. The molecule has 0 aliphatic rings. The smallest absolute Gasteiger partial charge is 0.243 e. The number of carbonyl (C=O) groups excluding carboxylic acids is 2. The fourth-order valence-corrected chi connectivity index (χ4v) is 5.81. The lowest BCUT2D eigenvalue weighted by Gasteiger charge is -2.32. The fraction of sp³-hybridized carbons (Fsp3) is 0.375. The van der Waals surface area contributed by atoms with E-state index >= 15 is 0 Å². The summed E-state index contributed by atoms with van der Waals surface area (Å²) in [6.07, 6.45) is 2.56. The van der Waals surface area contributed by atoms with Crippen LogP contribution in [0.1, 0.15) is 44.2 Å². The number of nitrogens with one attached hydrogen (secondary N) is 1. The largest absolute Gasteiger partial charge is 0.494 e. The zero-order valence-corrected chi connectivity index (χ0v) is 26.0. The minimum Gasteiger partial charge on any atom is -0.494 e. The Kier molecular flexibility index (Phi) is 12.7. The second-order valence-corrected chi connectivity index (χ2v) is 12.4. The van der Waals surface area contributed by atoms with Gasteiger partial charge in [-0.1, -0.05) is 61.0 Å². The predicted octanol–water partition coefficient (Wildman–Crippen LogP) is 5.45. The molecule has 8 nitrogen and oxygen atoms in total. The van der Waals surface area contributed by atoms with Crippen LogP contribution in [-0.2, 0) is 32.6 Å². The van der Waals surface area contributed by atoms with E-state index < -0.39 is 16.1 Å². The lowest BCUT2D eigenvalue weighted by molar-refractivity contribution is -0.141. The van der Waals surface area contributed by atoms with Crippen molar-refractivity contribution in [2.75, 3.05) is 30.3 Å². The van der Waals surface area contributed by atoms with Crippen LogP contribution in [0.5, 0.6) is 5.75 Å². The van der Waals surface area contributed by atoms with Crippen molar-refractivity contribution < 1.29 is 22.7 Å². The molecule has 226 valence electrons. The molecule has 0 aliphatic carbocycles. The molecule has 0 heterocycles. The van der Waals surface area contributed by atoms with Crippen LogP contribution in [0, 0.1) is 0 Å². The van der Waals surface area contributed by atoms with Crippen LogP contribution in [0.15, 0.2) is 78.9 Å². The van der Waals surface area contributed by atoms with Gasteiger partial charge in [-0.3, -0.25) is 13.9 Å². The predicted molar refractivity (Wildman–Crippen MR) is 168 cm³/mol. The van der Waals surface area contributed by atoms with Crippen LogP contribution in [0.2, 0.25) is 5.02 Å². The number of halogens is 1. The Morgan fingerprint density at radius 2 is 1.64 bits per heavy atom. The maximum absolute atomic E-state index is 13.9. The van der Waals surface area contributed by atoms with Gasteiger partial charge in [-0.25, -0.2) is 8.42 Å². The summed E-state index contributed by atoms with van der Waals surface area (Å²) in [6, 6.07) is 22.8. The third kappa shape index (κ3) is 10.1. The Bertz CT molecular complexity index is 1400. The highest BCUT2D eigenvalue weighted by Crippen LogP contribution is 2.23. The van der Waals surface area contributed by atoms with E-state index in [2.05, 4.69) is 5.32 Å². The SMILES string of the molecule is CCCNC(=O)[C@@H](Cc1ccccc1)N(Cc1cccc(Cl)c1)C(=O)CCCN(c1ccc(OCC)cc1)S(C)(=O)=O. The number of nitrogens with zero attached hydrogens (tertiary/aromatic N) is 2. The number of hydrogen-bond acceptors (Lipinski definition) is 5. The van der Waals surface area contributed by atoms with Gasteiger partial charge in [0.1, 0.15) is 11.8 Å². The van der Waals surface area contributed by atoms with Crippen LogP contribution in [0.3, 0.4) is 0 Å². The maximum atomic E-state index is 13.9. The van der Waals surface area contributed by atoms with Gasteiger partial charge in [-0.05, 0) is 67.3 Å². The zero-order valence-electron chi connectivity index (χ0n) is 24.5. The minimum atomic E-state index is -3.61. The van der Waals surface area contributed by atoms with E-state index in [1.165, 1.54) is 4.31 Å². The summed E-state index contributed by atoms with van der Waals surface area (Å²) in [5.74, 6) is 0.165. The molecule has 10 heteroatoms. The zero-order chi connectivity index (χ0) is 30.5. The van der Waals surface area contributed by atoms with Crippen molar-refractivity contribution in [3.8, 4) is 5.75 Å². The van der Waals surface area contributed by atoms with Crippen molar-refractivity contribution in [2.45, 2.75) is 52.1 Å². The highest BCUT2D eigenvalue weighted by Gasteiger charge is 2.30. The van der Waals surface area contributed by atoms with Gasteiger partial charge in [0.05, 0.1) is 18.6 Å². The summed E-state index contributed by atoms with van der Waals surface area (Å²) < 4.78 is 32.1. The molecule has 0 fully saturated rings. The molecule has 42 heavy (non-hydrogen) atoms. The highest BCUT2D eigenvalue weighted by atomic mass is 35.5.